The molecule has 2 nitrogen and oxygen atoms in total. The minimum Gasteiger partial charge on any atom is -0.508 e. The molecule has 0 radical (unpaired) electrons. The Kier molecular flexibility index (Phi) is 7.23. The second-order valence-corrected chi connectivity index (χ2v) is 16.7. The summed E-state index contributed by atoms with van der Waals surface area (Å²) >= 11 is 0. The van der Waals surface area contributed by atoms with Gasteiger partial charge < -0.3 is 10.2 Å². The van der Waals surface area contributed by atoms with Gasteiger partial charge in [0, 0.05) is 23.0 Å². The summed E-state index contributed by atoms with van der Waals surface area (Å²) in [7, 11) is -1.84. The predicted octanol–water partition coefficient (Wildman–Crippen LogP) is 7.60. The van der Waals surface area contributed by atoms with E-state index in [0.29, 0.717) is 0 Å². The van der Waals surface area contributed by atoms with Crippen LogP contribution < -0.4 is 31.8 Å². The lowest BCUT2D eigenvalue weighted by Crippen LogP contribution is -2.38. The van der Waals surface area contributed by atoms with Gasteiger partial charge in [0.2, 0.25) is 0 Å². The number of phenols is 2. The zero-order chi connectivity index (χ0) is 32.2. The Balaban J connectivity index is 1.37. The van der Waals surface area contributed by atoms with Crippen LogP contribution in [0.3, 0.4) is 0 Å². The molecule has 10 rings (SSSR count). The summed E-state index contributed by atoms with van der Waals surface area (Å²) in [6, 6.07) is 60.2. The van der Waals surface area contributed by atoms with E-state index in [1.807, 2.05) is 0 Å². The maximum absolute atomic E-state index is 11.8. The number of aromatic hydroxyl groups is 2. The minimum atomic E-state index is -0.920. The predicted molar refractivity (Wildman–Crippen MR) is 202 cm³/mol. The first kappa shape index (κ1) is 29.2. The van der Waals surface area contributed by atoms with Crippen molar-refractivity contribution in [2.75, 3.05) is 0 Å². The first-order valence-electron chi connectivity index (χ1n) is 16.3. The van der Waals surface area contributed by atoms with Crippen molar-refractivity contribution in [3.8, 4) is 11.5 Å². The Morgan fingerprint density at radius 3 is 1.00 bits per heavy atom. The molecule has 48 heavy (non-hydrogen) atoms. The molecule has 7 aromatic rings. The highest BCUT2D eigenvalue weighted by molar-refractivity contribution is 7.80. The Bertz CT molecular complexity index is 2060. The maximum Gasteiger partial charge on any atom is 0.120 e. The van der Waals surface area contributed by atoms with E-state index in [0.717, 1.165) is 11.1 Å². The molecule has 4 heteroatoms. The van der Waals surface area contributed by atoms with Gasteiger partial charge in [0.1, 0.15) is 11.5 Å². The molecule has 3 aliphatic rings. The largest absolute Gasteiger partial charge is 0.508 e. The summed E-state index contributed by atoms with van der Waals surface area (Å²) in [6.07, 6.45) is 0. The maximum atomic E-state index is 11.8. The van der Waals surface area contributed by atoms with Gasteiger partial charge in [0.25, 0.3) is 0 Å². The third-order valence-electron chi connectivity index (χ3n) is 9.79. The van der Waals surface area contributed by atoms with Crippen LogP contribution in [-0.4, -0.2) is 10.2 Å². The van der Waals surface area contributed by atoms with Crippen molar-refractivity contribution in [1.82, 2.24) is 0 Å². The zero-order valence-corrected chi connectivity index (χ0v) is 27.9. The van der Waals surface area contributed by atoms with Crippen LogP contribution in [0.15, 0.2) is 170 Å². The van der Waals surface area contributed by atoms with Crippen LogP contribution in [0.25, 0.3) is 0 Å². The highest BCUT2D eigenvalue weighted by Crippen LogP contribution is 2.61. The van der Waals surface area contributed by atoms with E-state index in [1.165, 1.54) is 54.1 Å². The van der Waals surface area contributed by atoms with Crippen molar-refractivity contribution >= 4 is 47.7 Å². The molecule has 0 aromatic heterocycles. The third kappa shape index (κ3) is 4.56. The number of phenolic OH excluding ortho intramolecular Hbond substituents is 2. The average molecular weight is 655 g/mol. The molecule has 0 aliphatic heterocycles. The normalized spacial score (nSPS) is 15.6. The van der Waals surface area contributed by atoms with Crippen molar-refractivity contribution < 1.29 is 10.2 Å². The Morgan fingerprint density at radius 1 is 0.312 bits per heavy atom. The van der Waals surface area contributed by atoms with Crippen LogP contribution in [0, 0.1) is 0 Å². The van der Waals surface area contributed by atoms with Crippen molar-refractivity contribution in [3.05, 3.63) is 203 Å². The van der Waals surface area contributed by atoms with Crippen molar-refractivity contribution in [3.63, 3.8) is 0 Å². The van der Waals surface area contributed by atoms with E-state index in [2.05, 4.69) is 158 Å². The Labute approximate surface area is 283 Å². The van der Waals surface area contributed by atoms with E-state index >= 15 is 0 Å². The molecule has 2 bridgehead atoms. The second kappa shape index (κ2) is 11.9. The molecule has 230 valence electrons. The molecular formula is C44H32O2P2. The smallest absolute Gasteiger partial charge is 0.120 e. The highest BCUT2D eigenvalue weighted by atomic mass is 31.1. The summed E-state index contributed by atoms with van der Waals surface area (Å²) in [5.74, 6) is 0.0380. The van der Waals surface area contributed by atoms with Gasteiger partial charge in [-0.3, -0.25) is 0 Å². The number of benzene rings is 7. The van der Waals surface area contributed by atoms with Gasteiger partial charge in [-0.15, -0.1) is 0 Å². The lowest BCUT2D eigenvalue weighted by atomic mass is 9.60. The van der Waals surface area contributed by atoms with Gasteiger partial charge in [-0.1, -0.05) is 158 Å². The average Bonchev–Trinajstić information content (AvgIpc) is 3.15. The van der Waals surface area contributed by atoms with E-state index in [4.69, 9.17) is 0 Å². The highest BCUT2D eigenvalue weighted by Gasteiger charge is 2.47. The summed E-state index contributed by atoms with van der Waals surface area (Å²) in [6.45, 7) is 0. The molecule has 2 N–H and O–H groups in total. The number of hydrogen-bond donors (Lipinski definition) is 2. The van der Waals surface area contributed by atoms with Crippen LogP contribution in [0.5, 0.6) is 11.5 Å². The molecule has 3 aliphatic carbocycles. The van der Waals surface area contributed by atoms with Crippen LogP contribution in [0.2, 0.25) is 0 Å². The van der Waals surface area contributed by atoms with Gasteiger partial charge in [0.05, 0.1) is 0 Å². The summed E-state index contributed by atoms with van der Waals surface area (Å²) < 4.78 is 0. The molecule has 0 atom stereocenters. The molecule has 7 aromatic carbocycles. The topological polar surface area (TPSA) is 40.5 Å². The molecule has 0 fully saturated rings. The summed E-state index contributed by atoms with van der Waals surface area (Å²) in [4.78, 5) is 0. The molecule has 0 saturated carbocycles. The van der Waals surface area contributed by atoms with Crippen LogP contribution in [-0.2, 0) is 0 Å². The Morgan fingerprint density at radius 2 is 0.646 bits per heavy atom. The lowest BCUT2D eigenvalue weighted by molar-refractivity contribution is 0.441. The third-order valence-corrected chi connectivity index (χ3v) is 14.8. The van der Waals surface area contributed by atoms with E-state index in [-0.39, 0.29) is 23.3 Å². The number of hydrogen-bond acceptors (Lipinski definition) is 2. The van der Waals surface area contributed by atoms with Gasteiger partial charge in [-0.25, -0.2) is 0 Å². The van der Waals surface area contributed by atoms with Crippen LogP contribution >= 0.6 is 15.8 Å². The zero-order valence-electron chi connectivity index (χ0n) is 26.1. The fourth-order valence-electron chi connectivity index (χ4n) is 7.96. The quantitative estimate of drug-likeness (QED) is 0.143. The Hall–Kier alpha value is -5.00. The van der Waals surface area contributed by atoms with Crippen LogP contribution in [0.4, 0.5) is 0 Å². The molecule has 0 amide bonds. The number of rotatable bonds is 6. The van der Waals surface area contributed by atoms with Crippen molar-refractivity contribution in [1.29, 1.82) is 0 Å². The van der Waals surface area contributed by atoms with E-state index < -0.39 is 15.8 Å². The second-order valence-electron chi connectivity index (χ2n) is 12.4. The van der Waals surface area contributed by atoms with E-state index in [1.54, 1.807) is 12.1 Å². The molecule has 0 spiro atoms. The van der Waals surface area contributed by atoms with E-state index in [9.17, 15) is 10.2 Å². The van der Waals surface area contributed by atoms with Gasteiger partial charge in [-0.2, -0.15) is 0 Å². The SMILES string of the molecule is Oc1ccc(O)c2c1C1c3cccc(P(c4ccccc4)c4ccccc4)c3C2c2c1cccc2P(c1ccccc1)c1ccccc1. The van der Waals surface area contributed by atoms with Crippen LogP contribution in [0.1, 0.15) is 45.2 Å². The summed E-state index contributed by atoms with van der Waals surface area (Å²) in [5, 5.41) is 31.1. The standard InChI is InChI=1S/C44H32O2P2/c45-35-27-28-36(46)43-42(35)39-33-23-13-25-37(47(29-15-5-1-6-16-29)30-17-7-2-8-18-30)40(33)44(43)41-34(39)24-14-26-38(41)48(31-19-9-3-10-20-31)32-21-11-4-12-22-32/h1-28,39,44-46H. The fourth-order valence-corrected chi connectivity index (χ4v) is 13.0. The monoisotopic (exact) mass is 654 g/mol. The lowest BCUT2D eigenvalue weighted by Gasteiger charge is -2.45. The molecule has 0 saturated heterocycles. The molecule has 0 heterocycles. The molecule has 0 unspecified atom stereocenters. The summed E-state index contributed by atoms with van der Waals surface area (Å²) in [5.41, 5.74) is 6.66. The molecular weight excluding hydrogens is 622 g/mol. The first-order chi connectivity index (χ1) is 23.7. The minimum absolute atomic E-state index is 0.200. The van der Waals surface area contributed by atoms with Gasteiger partial charge in [-0.05, 0) is 82.1 Å². The van der Waals surface area contributed by atoms with Crippen molar-refractivity contribution in [2.24, 2.45) is 0 Å². The first-order valence-corrected chi connectivity index (χ1v) is 19.0. The van der Waals surface area contributed by atoms with Gasteiger partial charge in [0.15, 0.2) is 0 Å². The van der Waals surface area contributed by atoms with Gasteiger partial charge >= 0.3 is 0 Å². The fraction of sp³-hybridized carbons (Fsp3) is 0.0455. The van der Waals surface area contributed by atoms with Crippen molar-refractivity contribution in [2.45, 2.75) is 11.8 Å².